The lowest BCUT2D eigenvalue weighted by Crippen LogP contribution is -2.37. The number of amides is 1. The molecule has 0 fully saturated rings. The molecule has 124 valence electrons. The highest BCUT2D eigenvalue weighted by molar-refractivity contribution is 6.46. The number of rotatable bonds is 6. The summed E-state index contributed by atoms with van der Waals surface area (Å²) in [6.45, 7) is 5.57. The molecule has 0 spiro atoms. The molecule has 0 radical (unpaired) electrons. The predicted octanol–water partition coefficient (Wildman–Crippen LogP) is 3.37. The third kappa shape index (κ3) is 5.21. The lowest BCUT2D eigenvalue weighted by Gasteiger charge is -2.14. The van der Waals surface area contributed by atoms with Crippen molar-refractivity contribution in [3.8, 4) is 0 Å². The summed E-state index contributed by atoms with van der Waals surface area (Å²) >= 11 is 6.07. The summed E-state index contributed by atoms with van der Waals surface area (Å²) in [6, 6.07) is 6.71. The fourth-order valence-electron chi connectivity index (χ4n) is 1.79. The van der Waals surface area contributed by atoms with Crippen LogP contribution in [-0.2, 0) is 4.79 Å². The van der Waals surface area contributed by atoms with Gasteiger partial charge in [-0.15, -0.1) is 0 Å². The van der Waals surface area contributed by atoms with Gasteiger partial charge in [-0.1, -0.05) is 36.7 Å². The molecule has 1 atom stereocenters. The van der Waals surface area contributed by atoms with Gasteiger partial charge in [0.15, 0.2) is 0 Å². The van der Waals surface area contributed by atoms with Gasteiger partial charge < -0.3 is 10.6 Å². The van der Waals surface area contributed by atoms with Gasteiger partial charge in [0.1, 0.15) is 5.84 Å². The van der Waals surface area contributed by atoms with E-state index in [9.17, 15) is 9.59 Å². The van der Waals surface area contributed by atoms with Gasteiger partial charge in [0.2, 0.25) is 0 Å². The third-order valence-corrected chi connectivity index (χ3v) is 3.72. The molecular weight excluding hydrogens is 314 g/mol. The summed E-state index contributed by atoms with van der Waals surface area (Å²) in [5.74, 6) is -0.794. The minimum absolute atomic E-state index is 0.0585. The van der Waals surface area contributed by atoms with E-state index in [0.717, 1.165) is 6.42 Å². The van der Waals surface area contributed by atoms with Crippen LogP contribution in [0, 0.1) is 0 Å². The van der Waals surface area contributed by atoms with Crippen LogP contribution >= 0.6 is 11.6 Å². The van der Waals surface area contributed by atoms with Crippen molar-refractivity contribution >= 4 is 34.8 Å². The number of hydrogen-bond acceptors (Lipinski definition) is 3. The molecule has 0 bridgehead atoms. The molecular formula is C17H22ClN3O2. The molecule has 1 aromatic rings. The van der Waals surface area contributed by atoms with E-state index in [-0.39, 0.29) is 11.6 Å². The number of nitrogens with one attached hydrogen (secondary N) is 2. The smallest absolute Gasteiger partial charge is 0.292 e. The van der Waals surface area contributed by atoms with Gasteiger partial charge in [0, 0.05) is 13.1 Å². The summed E-state index contributed by atoms with van der Waals surface area (Å²) in [5.41, 5.74) is 0.757. The van der Waals surface area contributed by atoms with Gasteiger partial charge in [-0.05, 0) is 32.4 Å². The average molecular weight is 336 g/mol. The van der Waals surface area contributed by atoms with E-state index in [1.807, 2.05) is 13.8 Å². The minimum atomic E-state index is -0.624. The topological polar surface area (TPSA) is 70.6 Å². The molecule has 0 saturated heterocycles. The van der Waals surface area contributed by atoms with E-state index in [2.05, 4.69) is 15.6 Å². The largest absolute Gasteiger partial charge is 0.347 e. The zero-order valence-corrected chi connectivity index (χ0v) is 14.6. The molecule has 0 saturated carbocycles. The van der Waals surface area contributed by atoms with Crippen LogP contribution in [0.15, 0.2) is 40.4 Å². The second-order valence-corrected chi connectivity index (χ2v) is 5.40. The van der Waals surface area contributed by atoms with E-state index < -0.39 is 11.7 Å². The Kier molecular flexibility index (Phi) is 7.48. The minimum Gasteiger partial charge on any atom is -0.347 e. The van der Waals surface area contributed by atoms with Crippen LogP contribution in [0.2, 0.25) is 0 Å². The van der Waals surface area contributed by atoms with Crippen LogP contribution < -0.4 is 10.6 Å². The molecule has 0 aromatic heterocycles. The molecule has 1 aromatic carbocycles. The van der Waals surface area contributed by atoms with Gasteiger partial charge in [-0.3, -0.25) is 14.6 Å². The number of amidine groups is 1. The number of hydrogen-bond donors (Lipinski definition) is 2. The number of carbonyl (C=O) groups excluding carboxylic acids is 2. The fraction of sp³-hybridized carbons (Fsp3) is 0.353. The summed E-state index contributed by atoms with van der Waals surface area (Å²) in [4.78, 5) is 28.5. The Morgan fingerprint density at radius 1 is 1.35 bits per heavy atom. The number of aliphatic imine (C=N–C) groups is 1. The van der Waals surface area contributed by atoms with Crippen LogP contribution in [0.5, 0.6) is 0 Å². The number of ketones is 1. The summed E-state index contributed by atoms with van der Waals surface area (Å²) < 4.78 is 0. The number of Topliss-reactive ketones (excluding diaryl/α,β-unsaturated/α-hetero) is 1. The van der Waals surface area contributed by atoms with Crippen molar-refractivity contribution in [1.82, 2.24) is 5.32 Å². The van der Waals surface area contributed by atoms with Crippen LogP contribution in [0.4, 0.5) is 5.69 Å². The molecule has 0 aliphatic rings. The number of anilines is 1. The summed E-state index contributed by atoms with van der Waals surface area (Å²) in [7, 11) is 1.59. The molecule has 1 rings (SSSR count). The van der Waals surface area contributed by atoms with Crippen molar-refractivity contribution < 1.29 is 9.59 Å². The monoisotopic (exact) mass is 335 g/mol. The van der Waals surface area contributed by atoms with E-state index >= 15 is 0 Å². The number of halogens is 1. The highest BCUT2D eigenvalue weighted by Crippen LogP contribution is 2.18. The van der Waals surface area contributed by atoms with Gasteiger partial charge in [-0.2, -0.15) is 0 Å². The summed E-state index contributed by atoms with van der Waals surface area (Å²) in [5, 5.41) is 6.10. The second kappa shape index (κ2) is 9.10. The zero-order chi connectivity index (χ0) is 17.4. The van der Waals surface area contributed by atoms with Crippen molar-refractivity contribution in [2.75, 3.05) is 12.4 Å². The summed E-state index contributed by atoms with van der Waals surface area (Å²) in [6.07, 6.45) is 2.44. The van der Waals surface area contributed by atoms with Crippen LogP contribution in [0.1, 0.15) is 37.6 Å². The molecule has 0 heterocycles. The number of nitrogens with zero attached hydrogens (tertiary/aromatic N) is 1. The van der Waals surface area contributed by atoms with E-state index in [1.165, 1.54) is 0 Å². The van der Waals surface area contributed by atoms with Gasteiger partial charge in [0.05, 0.1) is 16.3 Å². The van der Waals surface area contributed by atoms with Crippen molar-refractivity contribution in [2.45, 2.75) is 33.2 Å². The van der Waals surface area contributed by atoms with Gasteiger partial charge in [-0.25, -0.2) is 0 Å². The Balaban J connectivity index is 3.06. The maximum atomic E-state index is 12.4. The van der Waals surface area contributed by atoms with Crippen molar-refractivity contribution in [3.05, 3.63) is 40.9 Å². The maximum Gasteiger partial charge on any atom is 0.292 e. The molecule has 1 unspecified atom stereocenters. The second-order valence-electron chi connectivity index (χ2n) is 4.99. The average Bonchev–Trinajstić information content (AvgIpc) is 2.58. The van der Waals surface area contributed by atoms with Gasteiger partial charge >= 0.3 is 0 Å². The first-order valence-electron chi connectivity index (χ1n) is 7.44. The van der Waals surface area contributed by atoms with Crippen molar-refractivity contribution in [3.63, 3.8) is 0 Å². The van der Waals surface area contributed by atoms with Crippen molar-refractivity contribution in [1.29, 1.82) is 0 Å². The first-order chi connectivity index (χ1) is 10.9. The molecule has 5 nitrogen and oxygen atoms in total. The van der Waals surface area contributed by atoms with Crippen LogP contribution in [0.3, 0.4) is 0 Å². The van der Waals surface area contributed by atoms with Crippen LogP contribution in [0.25, 0.3) is 0 Å². The Hall–Kier alpha value is -2.14. The van der Waals surface area contributed by atoms with E-state index in [0.29, 0.717) is 16.6 Å². The normalized spacial score (nSPS) is 13.4. The molecule has 0 aliphatic carbocycles. The standard InChI is InChI=1S/C17H22ClN3O2/c1-5-11(3)20-17(23)15(22)12-9-7-8-10-14(12)21-16(19-4)13(18)6-2/h6-11H,5H2,1-4H3,(H,19,21)(H,20,23)/b13-6+. The molecule has 0 aliphatic heterocycles. The van der Waals surface area contributed by atoms with Crippen molar-refractivity contribution in [2.24, 2.45) is 4.99 Å². The quantitative estimate of drug-likeness (QED) is 0.362. The lowest BCUT2D eigenvalue weighted by molar-refractivity contribution is -0.117. The Bertz CT molecular complexity index is 638. The first-order valence-corrected chi connectivity index (χ1v) is 7.82. The number of carbonyl (C=O) groups is 2. The predicted molar refractivity (Wildman–Crippen MR) is 95.3 cm³/mol. The third-order valence-electron chi connectivity index (χ3n) is 3.32. The molecule has 23 heavy (non-hydrogen) atoms. The molecule has 2 N–H and O–H groups in total. The highest BCUT2D eigenvalue weighted by Gasteiger charge is 2.21. The molecule has 6 heteroatoms. The van der Waals surface area contributed by atoms with E-state index in [1.54, 1.807) is 44.3 Å². The Labute approximate surface area is 141 Å². The zero-order valence-electron chi connectivity index (χ0n) is 13.8. The van der Waals surface area contributed by atoms with Gasteiger partial charge in [0.25, 0.3) is 11.7 Å². The first kappa shape index (κ1) is 18.9. The Morgan fingerprint density at radius 3 is 2.57 bits per heavy atom. The SMILES string of the molecule is C/C=C(/Cl)C(=NC)Nc1ccccc1C(=O)C(=O)NC(C)CC. The lowest BCUT2D eigenvalue weighted by atomic mass is 10.1. The number of para-hydroxylation sites is 1. The van der Waals surface area contributed by atoms with Crippen LogP contribution in [-0.4, -0.2) is 30.6 Å². The number of benzene rings is 1. The Morgan fingerprint density at radius 2 is 2.00 bits per heavy atom. The highest BCUT2D eigenvalue weighted by atomic mass is 35.5. The van der Waals surface area contributed by atoms with E-state index in [4.69, 9.17) is 11.6 Å². The molecule has 1 amide bonds. The maximum absolute atomic E-state index is 12.4. The fourth-order valence-corrected chi connectivity index (χ4v) is 1.92. The number of allylic oxidation sites excluding steroid dienone is 1.